The molecule has 1 aromatic carbocycles. The van der Waals surface area contributed by atoms with Gasteiger partial charge >= 0.3 is 0 Å². The van der Waals surface area contributed by atoms with Gasteiger partial charge in [0.15, 0.2) is 5.78 Å². The molecule has 1 nitrogen and oxygen atoms in total. The van der Waals surface area contributed by atoms with Gasteiger partial charge in [0.25, 0.3) is 0 Å². The minimum Gasteiger partial charge on any atom is -0.294 e. The molecule has 0 bridgehead atoms. The fourth-order valence-electron chi connectivity index (χ4n) is 1.03. The lowest BCUT2D eigenvalue weighted by atomic mass is 9.90. The first-order valence-electron chi connectivity index (χ1n) is 4.88. The van der Waals surface area contributed by atoms with Crippen molar-refractivity contribution in [2.75, 3.05) is 0 Å². The lowest BCUT2D eigenvalue weighted by molar-refractivity contribution is -0.121. The second-order valence-electron chi connectivity index (χ2n) is 4.50. The van der Waals surface area contributed by atoms with Crippen LogP contribution >= 0.6 is 22.6 Å². The van der Waals surface area contributed by atoms with E-state index in [0.717, 1.165) is 5.56 Å². The molecule has 0 spiro atoms. The van der Waals surface area contributed by atoms with Crippen molar-refractivity contribution in [3.05, 3.63) is 39.5 Å². The number of benzene rings is 1. The maximum atomic E-state index is 11.6. The highest BCUT2D eigenvalue weighted by molar-refractivity contribution is 14.1. The molecule has 0 saturated heterocycles. The minimum atomic E-state index is -0.293. The highest BCUT2D eigenvalue weighted by atomic mass is 127. The molecule has 2 heteroatoms. The van der Waals surface area contributed by atoms with Crippen LogP contribution in [0.25, 0.3) is 6.08 Å². The molecule has 0 atom stereocenters. The molecule has 0 fully saturated rings. The average molecular weight is 314 g/mol. The molecule has 0 saturated carbocycles. The monoisotopic (exact) mass is 314 g/mol. The van der Waals surface area contributed by atoms with E-state index in [1.54, 1.807) is 6.08 Å². The number of halogens is 1. The van der Waals surface area contributed by atoms with E-state index in [1.165, 1.54) is 3.57 Å². The summed E-state index contributed by atoms with van der Waals surface area (Å²) >= 11 is 2.26. The van der Waals surface area contributed by atoms with Crippen LogP contribution in [0.4, 0.5) is 0 Å². The predicted octanol–water partition coefficient (Wildman–Crippen LogP) is 3.92. The molecule has 0 aromatic heterocycles. The summed E-state index contributed by atoms with van der Waals surface area (Å²) in [6.45, 7) is 5.78. The Labute approximate surface area is 105 Å². The van der Waals surface area contributed by atoms with Gasteiger partial charge in [-0.05, 0) is 46.4 Å². The molecular formula is C13H15IO. The molecule has 1 rings (SSSR count). The predicted molar refractivity (Wildman–Crippen MR) is 72.7 cm³/mol. The fourth-order valence-corrected chi connectivity index (χ4v) is 1.60. The van der Waals surface area contributed by atoms with Gasteiger partial charge in [-0.1, -0.05) is 39.0 Å². The molecule has 15 heavy (non-hydrogen) atoms. The Kier molecular flexibility index (Phi) is 4.08. The third-order valence-corrected chi connectivity index (χ3v) is 2.69. The van der Waals surface area contributed by atoms with Crippen molar-refractivity contribution in [3.8, 4) is 0 Å². The van der Waals surface area contributed by atoms with E-state index < -0.39 is 0 Å². The molecule has 0 heterocycles. The first-order chi connectivity index (χ1) is 6.89. The second-order valence-corrected chi connectivity index (χ2v) is 5.75. The van der Waals surface area contributed by atoms with Crippen molar-refractivity contribution >= 4 is 34.5 Å². The van der Waals surface area contributed by atoms with Crippen molar-refractivity contribution in [1.29, 1.82) is 0 Å². The van der Waals surface area contributed by atoms with Crippen LogP contribution in [0, 0.1) is 8.99 Å². The lowest BCUT2D eigenvalue weighted by Gasteiger charge is -2.12. The van der Waals surface area contributed by atoms with Crippen LogP contribution in [0.3, 0.4) is 0 Å². The largest absolute Gasteiger partial charge is 0.294 e. The van der Waals surface area contributed by atoms with E-state index in [-0.39, 0.29) is 11.2 Å². The van der Waals surface area contributed by atoms with Crippen LogP contribution in [0.1, 0.15) is 26.3 Å². The van der Waals surface area contributed by atoms with Gasteiger partial charge in [-0.2, -0.15) is 0 Å². The molecule has 0 radical (unpaired) electrons. The number of ketones is 1. The van der Waals surface area contributed by atoms with E-state index in [2.05, 4.69) is 22.6 Å². The van der Waals surface area contributed by atoms with E-state index >= 15 is 0 Å². The summed E-state index contributed by atoms with van der Waals surface area (Å²) in [7, 11) is 0. The highest BCUT2D eigenvalue weighted by Crippen LogP contribution is 2.16. The zero-order chi connectivity index (χ0) is 11.5. The quantitative estimate of drug-likeness (QED) is 0.597. The van der Waals surface area contributed by atoms with E-state index in [1.807, 2.05) is 51.1 Å². The maximum absolute atomic E-state index is 11.6. The summed E-state index contributed by atoms with van der Waals surface area (Å²) < 4.78 is 1.18. The minimum absolute atomic E-state index is 0.154. The summed E-state index contributed by atoms with van der Waals surface area (Å²) in [5.74, 6) is 0.154. The van der Waals surface area contributed by atoms with Crippen LogP contribution in [-0.2, 0) is 4.79 Å². The van der Waals surface area contributed by atoms with E-state index in [0.29, 0.717) is 0 Å². The zero-order valence-corrected chi connectivity index (χ0v) is 11.4. The molecule has 0 aliphatic carbocycles. The number of carbonyl (C=O) groups is 1. The van der Waals surface area contributed by atoms with Crippen molar-refractivity contribution in [2.24, 2.45) is 5.41 Å². The lowest BCUT2D eigenvalue weighted by Crippen LogP contribution is -2.17. The van der Waals surface area contributed by atoms with Gasteiger partial charge in [-0.25, -0.2) is 0 Å². The first kappa shape index (κ1) is 12.4. The summed E-state index contributed by atoms with van der Waals surface area (Å²) in [6, 6.07) is 8.06. The molecule has 0 N–H and O–H groups in total. The Morgan fingerprint density at radius 2 is 2.00 bits per heavy atom. The van der Waals surface area contributed by atoms with Crippen molar-refractivity contribution in [2.45, 2.75) is 20.8 Å². The number of rotatable bonds is 2. The number of hydrogen-bond acceptors (Lipinski definition) is 1. The standard InChI is InChI=1S/C13H15IO/c1-13(2,3)12(15)8-7-10-5-4-6-11(14)9-10/h4-9H,1-3H3/b8-7+. The third-order valence-electron chi connectivity index (χ3n) is 2.02. The molecule has 0 unspecified atom stereocenters. The summed E-state index contributed by atoms with van der Waals surface area (Å²) in [5.41, 5.74) is 0.776. The van der Waals surface area contributed by atoms with Gasteiger partial charge in [0.05, 0.1) is 0 Å². The number of carbonyl (C=O) groups excluding carboxylic acids is 1. The van der Waals surface area contributed by atoms with Crippen LogP contribution in [-0.4, -0.2) is 5.78 Å². The first-order valence-corrected chi connectivity index (χ1v) is 5.95. The molecule has 0 aliphatic heterocycles. The molecule has 1 aromatic rings. The number of hydrogen-bond donors (Lipinski definition) is 0. The SMILES string of the molecule is CC(C)(C)C(=O)/C=C/c1cccc(I)c1. The summed E-state index contributed by atoms with van der Waals surface area (Å²) in [5, 5.41) is 0. The number of allylic oxidation sites excluding steroid dienone is 1. The van der Waals surface area contributed by atoms with Gasteiger partial charge in [0, 0.05) is 8.99 Å². The third kappa shape index (κ3) is 4.16. The van der Waals surface area contributed by atoms with E-state index in [9.17, 15) is 4.79 Å². The Morgan fingerprint density at radius 1 is 1.33 bits per heavy atom. The Balaban J connectivity index is 2.79. The van der Waals surface area contributed by atoms with Crippen LogP contribution in [0.15, 0.2) is 30.3 Å². The second kappa shape index (κ2) is 4.92. The van der Waals surface area contributed by atoms with Gasteiger partial charge in [0.1, 0.15) is 0 Å². The van der Waals surface area contributed by atoms with Gasteiger partial charge in [-0.15, -0.1) is 0 Å². The Morgan fingerprint density at radius 3 is 2.53 bits per heavy atom. The smallest absolute Gasteiger partial charge is 0.161 e. The normalized spacial score (nSPS) is 12.0. The maximum Gasteiger partial charge on any atom is 0.161 e. The fraction of sp³-hybridized carbons (Fsp3) is 0.308. The molecular weight excluding hydrogens is 299 g/mol. The van der Waals surface area contributed by atoms with E-state index in [4.69, 9.17) is 0 Å². The average Bonchev–Trinajstić information content (AvgIpc) is 2.12. The molecule has 0 aliphatic rings. The summed E-state index contributed by atoms with van der Waals surface area (Å²) in [4.78, 5) is 11.6. The van der Waals surface area contributed by atoms with Gasteiger partial charge < -0.3 is 0 Å². The Hall–Kier alpha value is -0.640. The molecule has 80 valence electrons. The van der Waals surface area contributed by atoms with Crippen LogP contribution in [0.5, 0.6) is 0 Å². The highest BCUT2D eigenvalue weighted by Gasteiger charge is 2.17. The topological polar surface area (TPSA) is 17.1 Å². The van der Waals surface area contributed by atoms with Crippen molar-refractivity contribution < 1.29 is 4.79 Å². The van der Waals surface area contributed by atoms with Crippen LogP contribution < -0.4 is 0 Å². The van der Waals surface area contributed by atoms with Gasteiger partial charge in [0.2, 0.25) is 0 Å². The Bertz CT molecular complexity index is 386. The zero-order valence-electron chi connectivity index (χ0n) is 9.25. The summed E-state index contributed by atoms with van der Waals surface area (Å²) in [6.07, 6.45) is 3.53. The van der Waals surface area contributed by atoms with Gasteiger partial charge in [-0.3, -0.25) is 4.79 Å². The van der Waals surface area contributed by atoms with Crippen LogP contribution in [0.2, 0.25) is 0 Å². The van der Waals surface area contributed by atoms with Crippen molar-refractivity contribution in [3.63, 3.8) is 0 Å². The molecule has 0 amide bonds. The van der Waals surface area contributed by atoms with Crippen molar-refractivity contribution in [1.82, 2.24) is 0 Å².